The van der Waals surface area contributed by atoms with Crippen molar-refractivity contribution >= 4 is 6.29 Å². The van der Waals surface area contributed by atoms with Crippen LogP contribution in [0.3, 0.4) is 0 Å². The van der Waals surface area contributed by atoms with Crippen molar-refractivity contribution in [3.05, 3.63) is 0 Å². The molecule has 3 heteroatoms. The Morgan fingerprint density at radius 2 is 1.93 bits per heavy atom. The maximum Gasteiger partial charge on any atom is 0.213 e. The highest BCUT2D eigenvalue weighted by Gasteiger charge is 2.56. The number of aliphatic hydroxyl groups is 1. The zero-order valence-corrected chi connectivity index (χ0v) is 8.96. The van der Waals surface area contributed by atoms with Crippen LogP contribution in [-0.2, 0) is 4.79 Å². The third-order valence-corrected chi connectivity index (χ3v) is 4.57. The van der Waals surface area contributed by atoms with Crippen LogP contribution >= 0.6 is 0 Å². The number of carbonyl (C=O) groups excluding carboxylic acids is 1. The summed E-state index contributed by atoms with van der Waals surface area (Å²) in [6.45, 7) is 0.315. The van der Waals surface area contributed by atoms with E-state index in [1.54, 1.807) is 0 Å². The minimum Gasteiger partial charge on any atom is -0.390 e. The van der Waals surface area contributed by atoms with Crippen LogP contribution in [0.25, 0.3) is 0 Å². The molecular weight excluding hydrogens is 190 g/mol. The molecule has 0 aromatic heterocycles. The number of hydrogen-bond acceptors (Lipinski definition) is 3. The standard InChI is InChI=1S/C12H18NO2/c14-2-1-13-11-4-9-3-10(5-11)7-12(15,6-9)8-11/h9-10,13,15H,1,3-8H2/t9-,10-,11?,12?/m0/s1. The molecule has 1 radical (unpaired) electrons. The van der Waals surface area contributed by atoms with Crippen LogP contribution in [0.1, 0.15) is 38.5 Å². The number of nitrogens with one attached hydrogen (secondary N) is 1. The van der Waals surface area contributed by atoms with E-state index >= 15 is 0 Å². The van der Waals surface area contributed by atoms with E-state index in [1.165, 1.54) is 6.42 Å². The van der Waals surface area contributed by atoms with E-state index in [1.807, 2.05) is 6.29 Å². The molecule has 4 bridgehead atoms. The van der Waals surface area contributed by atoms with E-state index in [-0.39, 0.29) is 5.54 Å². The first kappa shape index (κ1) is 9.79. The van der Waals surface area contributed by atoms with Gasteiger partial charge in [-0.1, -0.05) is 0 Å². The molecule has 0 saturated heterocycles. The van der Waals surface area contributed by atoms with Gasteiger partial charge in [-0.15, -0.1) is 0 Å². The zero-order chi connectivity index (χ0) is 10.5. The van der Waals surface area contributed by atoms with Gasteiger partial charge in [0.1, 0.15) is 0 Å². The molecule has 4 rings (SSSR count). The lowest BCUT2D eigenvalue weighted by Crippen LogP contribution is -2.64. The molecule has 3 nitrogen and oxygen atoms in total. The van der Waals surface area contributed by atoms with Crippen LogP contribution in [0, 0.1) is 11.8 Å². The van der Waals surface area contributed by atoms with Crippen molar-refractivity contribution in [2.75, 3.05) is 6.54 Å². The monoisotopic (exact) mass is 208 g/mol. The Kier molecular flexibility index (Phi) is 1.99. The maximum atomic E-state index is 10.4. The van der Waals surface area contributed by atoms with Crippen molar-refractivity contribution in [3.63, 3.8) is 0 Å². The van der Waals surface area contributed by atoms with Gasteiger partial charge in [0.25, 0.3) is 0 Å². The smallest absolute Gasteiger partial charge is 0.213 e. The molecule has 4 saturated carbocycles. The molecule has 83 valence electrons. The van der Waals surface area contributed by atoms with Crippen LogP contribution < -0.4 is 5.32 Å². The van der Waals surface area contributed by atoms with Crippen LogP contribution in [0.2, 0.25) is 0 Å². The largest absolute Gasteiger partial charge is 0.390 e. The van der Waals surface area contributed by atoms with Gasteiger partial charge in [-0.05, 0) is 50.4 Å². The summed E-state index contributed by atoms with van der Waals surface area (Å²) in [5, 5.41) is 13.7. The van der Waals surface area contributed by atoms with Gasteiger partial charge in [0.15, 0.2) is 0 Å². The Balaban J connectivity index is 1.83. The highest BCUT2D eigenvalue weighted by Crippen LogP contribution is 2.57. The van der Waals surface area contributed by atoms with Gasteiger partial charge in [-0.2, -0.15) is 0 Å². The molecule has 15 heavy (non-hydrogen) atoms. The number of hydrogen-bond donors (Lipinski definition) is 2. The Morgan fingerprint density at radius 3 is 2.47 bits per heavy atom. The summed E-state index contributed by atoms with van der Waals surface area (Å²) in [6, 6.07) is 0. The average Bonchev–Trinajstić information content (AvgIpc) is 2.10. The normalized spacial score (nSPS) is 52.1. The van der Waals surface area contributed by atoms with Gasteiger partial charge in [0.05, 0.1) is 12.1 Å². The topological polar surface area (TPSA) is 49.3 Å². The molecule has 0 spiro atoms. The van der Waals surface area contributed by atoms with E-state index < -0.39 is 5.60 Å². The van der Waals surface area contributed by atoms with Gasteiger partial charge in [0.2, 0.25) is 6.29 Å². The lowest BCUT2D eigenvalue weighted by Gasteiger charge is -2.60. The third-order valence-electron chi connectivity index (χ3n) is 4.57. The van der Waals surface area contributed by atoms with Crippen LogP contribution in [-0.4, -0.2) is 29.1 Å². The summed E-state index contributed by atoms with van der Waals surface area (Å²) in [4.78, 5) is 10.3. The first-order valence-corrected chi connectivity index (χ1v) is 5.96. The SMILES string of the molecule is O=[C]CNC12C[C@@H]3C[C@H](CC(O)(C3)C1)C2. The van der Waals surface area contributed by atoms with Crippen molar-refractivity contribution in [2.24, 2.45) is 11.8 Å². The van der Waals surface area contributed by atoms with Gasteiger partial charge < -0.3 is 10.4 Å². The van der Waals surface area contributed by atoms with Gasteiger partial charge in [-0.3, -0.25) is 4.79 Å². The molecule has 0 aromatic carbocycles. The highest BCUT2D eigenvalue weighted by atomic mass is 16.3. The zero-order valence-electron chi connectivity index (χ0n) is 8.96. The summed E-state index contributed by atoms with van der Waals surface area (Å²) in [6.07, 6.45) is 8.30. The quantitative estimate of drug-likeness (QED) is 0.720. The average molecular weight is 208 g/mol. The van der Waals surface area contributed by atoms with Crippen molar-refractivity contribution in [1.29, 1.82) is 0 Å². The van der Waals surface area contributed by atoms with Crippen LogP contribution in [0.15, 0.2) is 0 Å². The van der Waals surface area contributed by atoms with Gasteiger partial charge >= 0.3 is 0 Å². The summed E-state index contributed by atoms with van der Waals surface area (Å²) in [5.74, 6) is 1.35. The Bertz CT molecular complexity index is 275. The molecule has 0 aromatic rings. The molecular formula is C12H18NO2. The molecule has 2 N–H and O–H groups in total. The Morgan fingerprint density at radius 1 is 1.27 bits per heavy atom. The van der Waals surface area contributed by atoms with E-state index in [2.05, 4.69) is 5.32 Å². The predicted octanol–water partition coefficient (Wildman–Crippen LogP) is 0.769. The van der Waals surface area contributed by atoms with Gasteiger partial charge in [-0.25, -0.2) is 0 Å². The second-order valence-corrected chi connectivity index (χ2v) is 5.96. The van der Waals surface area contributed by atoms with Crippen LogP contribution in [0.4, 0.5) is 0 Å². The maximum absolute atomic E-state index is 10.4. The van der Waals surface area contributed by atoms with Gasteiger partial charge in [0, 0.05) is 5.54 Å². The second kappa shape index (κ2) is 3.05. The lowest BCUT2D eigenvalue weighted by molar-refractivity contribution is -0.141. The summed E-state index contributed by atoms with van der Waals surface area (Å²) in [5.41, 5.74) is -0.379. The molecule has 0 heterocycles. The summed E-state index contributed by atoms with van der Waals surface area (Å²) >= 11 is 0. The van der Waals surface area contributed by atoms with E-state index in [0.717, 1.165) is 32.1 Å². The molecule has 2 atom stereocenters. The number of rotatable bonds is 3. The minimum atomic E-state index is -0.431. The molecule has 4 aliphatic rings. The fourth-order valence-electron chi connectivity index (χ4n) is 4.64. The molecule has 0 amide bonds. The first-order chi connectivity index (χ1) is 7.13. The Labute approximate surface area is 90.2 Å². The molecule has 0 unspecified atom stereocenters. The first-order valence-electron chi connectivity index (χ1n) is 5.96. The summed E-state index contributed by atoms with van der Waals surface area (Å²) < 4.78 is 0. The molecule has 4 aliphatic carbocycles. The fourth-order valence-corrected chi connectivity index (χ4v) is 4.64. The third kappa shape index (κ3) is 1.53. The minimum absolute atomic E-state index is 0.0518. The summed E-state index contributed by atoms with van der Waals surface area (Å²) in [7, 11) is 0. The fraction of sp³-hybridized carbons (Fsp3) is 0.917. The van der Waals surface area contributed by atoms with Crippen LogP contribution in [0.5, 0.6) is 0 Å². The predicted molar refractivity (Wildman–Crippen MR) is 56.1 cm³/mol. The van der Waals surface area contributed by atoms with Crippen molar-refractivity contribution in [1.82, 2.24) is 5.32 Å². The van der Waals surface area contributed by atoms with E-state index in [0.29, 0.717) is 18.4 Å². The van der Waals surface area contributed by atoms with Crippen molar-refractivity contribution < 1.29 is 9.90 Å². The second-order valence-electron chi connectivity index (χ2n) is 5.96. The molecule has 0 aliphatic heterocycles. The highest BCUT2D eigenvalue weighted by molar-refractivity contribution is 5.53. The Hall–Kier alpha value is -0.410. The molecule has 4 fully saturated rings. The van der Waals surface area contributed by atoms with E-state index in [9.17, 15) is 9.90 Å². The van der Waals surface area contributed by atoms with Crippen molar-refractivity contribution in [3.8, 4) is 0 Å². The lowest BCUT2D eigenvalue weighted by atomic mass is 9.51. The van der Waals surface area contributed by atoms with E-state index in [4.69, 9.17) is 0 Å². The van der Waals surface area contributed by atoms with Crippen molar-refractivity contribution in [2.45, 2.75) is 49.7 Å².